The molecule has 6 nitrogen and oxygen atoms in total. The highest BCUT2D eigenvalue weighted by molar-refractivity contribution is 9.10. The summed E-state index contributed by atoms with van der Waals surface area (Å²) in [5.41, 5.74) is -0.0509. The van der Waals surface area contributed by atoms with E-state index in [0.717, 1.165) is 0 Å². The normalized spacial score (nSPS) is 15.4. The van der Waals surface area contributed by atoms with Gasteiger partial charge in [0, 0.05) is 0 Å². The lowest BCUT2D eigenvalue weighted by Gasteiger charge is -2.27. The molecule has 1 fully saturated rings. The molecule has 1 amide bonds. The zero-order chi connectivity index (χ0) is 14.8. The van der Waals surface area contributed by atoms with Crippen LogP contribution in [0, 0.1) is 0 Å². The molecule has 20 heavy (non-hydrogen) atoms. The van der Waals surface area contributed by atoms with Gasteiger partial charge in [0.15, 0.2) is 5.75 Å². The first-order valence-corrected chi connectivity index (χ1v) is 7.03. The molecule has 0 bridgehead atoms. The number of carbonyl (C=O) groups excluding carboxylic acids is 1. The molecular formula is C13H17BrN2O4. The van der Waals surface area contributed by atoms with E-state index >= 15 is 0 Å². The van der Waals surface area contributed by atoms with E-state index in [-0.39, 0.29) is 6.10 Å². The minimum absolute atomic E-state index is 0.00263. The third-order valence-electron chi connectivity index (χ3n) is 2.37. The summed E-state index contributed by atoms with van der Waals surface area (Å²) in [5, 5.41) is 2.66. The number of hydrogen-bond acceptors (Lipinski definition) is 5. The fourth-order valence-corrected chi connectivity index (χ4v) is 1.82. The van der Waals surface area contributed by atoms with E-state index in [0.29, 0.717) is 29.3 Å². The Balaban J connectivity index is 2.08. The molecule has 1 saturated heterocycles. The monoisotopic (exact) mass is 344 g/mol. The van der Waals surface area contributed by atoms with Gasteiger partial charge >= 0.3 is 6.09 Å². The van der Waals surface area contributed by atoms with Gasteiger partial charge in [0.2, 0.25) is 0 Å². The van der Waals surface area contributed by atoms with Crippen LogP contribution in [0.3, 0.4) is 0 Å². The van der Waals surface area contributed by atoms with E-state index in [1.165, 1.54) is 0 Å². The molecule has 0 unspecified atom stereocenters. The minimum Gasteiger partial charge on any atom is -0.482 e. The van der Waals surface area contributed by atoms with E-state index in [1.54, 1.807) is 33.0 Å². The molecule has 1 N–H and O–H groups in total. The number of ether oxygens (including phenoxy) is 3. The van der Waals surface area contributed by atoms with Gasteiger partial charge in [0.25, 0.3) is 0 Å². The van der Waals surface area contributed by atoms with Gasteiger partial charge in [-0.3, -0.25) is 5.32 Å². The Hall–Kier alpha value is -1.34. The Labute approximate surface area is 125 Å². The smallest absolute Gasteiger partial charge is 0.412 e. The van der Waals surface area contributed by atoms with Crippen molar-refractivity contribution in [3.63, 3.8) is 0 Å². The minimum atomic E-state index is -0.558. The summed E-state index contributed by atoms with van der Waals surface area (Å²) in [6, 6.07) is 1.67. The molecule has 0 atom stereocenters. The second kappa shape index (κ2) is 5.97. The summed E-state index contributed by atoms with van der Waals surface area (Å²) >= 11 is 3.26. The van der Waals surface area contributed by atoms with Gasteiger partial charge < -0.3 is 14.2 Å². The van der Waals surface area contributed by atoms with Crippen LogP contribution in [0.4, 0.5) is 10.5 Å². The number of aromatic nitrogens is 1. The Morgan fingerprint density at radius 2 is 2.20 bits per heavy atom. The van der Waals surface area contributed by atoms with Crippen molar-refractivity contribution in [2.45, 2.75) is 32.5 Å². The number of halogens is 1. The van der Waals surface area contributed by atoms with Crippen molar-refractivity contribution in [3.8, 4) is 5.75 Å². The zero-order valence-electron chi connectivity index (χ0n) is 11.6. The summed E-state index contributed by atoms with van der Waals surface area (Å²) < 4.78 is 16.6. The maximum Gasteiger partial charge on any atom is 0.412 e. The quantitative estimate of drug-likeness (QED) is 0.853. The molecule has 2 rings (SSSR count). The van der Waals surface area contributed by atoms with Crippen molar-refractivity contribution in [3.05, 3.63) is 16.9 Å². The van der Waals surface area contributed by atoms with Crippen LogP contribution < -0.4 is 10.1 Å². The molecule has 0 aliphatic carbocycles. The van der Waals surface area contributed by atoms with Gasteiger partial charge in [-0.1, -0.05) is 0 Å². The summed E-state index contributed by atoms with van der Waals surface area (Å²) in [6.07, 6.45) is 1.01. The summed E-state index contributed by atoms with van der Waals surface area (Å²) in [4.78, 5) is 15.9. The van der Waals surface area contributed by atoms with Crippen molar-refractivity contribution in [1.29, 1.82) is 0 Å². The molecule has 1 aliphatic heterocycles. The fraction of sp³-hybridized carbons (Fsp3) is 0.538. The maximum absolute atomic E-state index is 11.8. The van der Waals surface area contributed by atoms with Crippen LogP contribution in [0.5, 0.6) is 5.75 Å². The largest absolute Gasteiger partial charge is 0.482 e. The molecule has 0 spiro atoms. The summed E-state index contributed by atoms with van der Waals surface area (Å²) in [7, 11) is 0. The molecule has 0 saturated carbocycles. The average Bonchev–Trinajstić information content (AvgIpc) is 2.22. The number of nitrogens with zero attached hydrogens (tertiary/aromatic N) is 1. The van der Waals surface area contributed by atoms with Crippen LogP contribution in [0.2, 0.25) is 0 Å². The Kier molecular flexibility index (Phi) is 4.49. The van der Waals surface area contributed by atoms with Crippen LogP contribution in [-0.4, -0.2) is 36.0 Å². The molecule has 1 aromatic heterocycles. The number of rotatable bonds is 3. The van der Waals surface area contributed by atoms with Crippen LogP contribution in [0.1, 0.15) is 20.8 Å². The second-order valence-electron chi connectivity index (χ2n) is 5.41. The Morgan fingerprint density at radius 3 is 2.75 bits per heavy atom. The second-order valence-corrected chi connectivity index (χ2v) is 6.22. The summed E-state index contributed by atoms with van der Waals surface area (Å²) in [6.45, 7) is 6.50. The number of amides is 1. The predicted octanol–water partition coefficient (Wildman–Crippen LogP) is 2.97. The lowest BCUT2D eigenvalue weighted by molar-refractivity contribution is -0.0795. The van der Waals surface area contributed by atoms with Crippen LogP contribution in [0.25, 0.3) is 0 Å². The predicted molar refractivity (Wildman–Crippen MR) is 77.0 cm³/mol. The molecular weight excluding hydrogens is 328 g/mol. The lowest BCUT2D eigenvalue weighted by atomic mass is 10.2. The standard InChI is InChI=1S/C13H17BrN2O4/c1-13(2,3)20-12(17)16-9-4-11(14)15-5-10(9)19-8-6-18-7-8/h4-5,8H,6-7H2,1-3H3,(H,15,16,17). The Bertz CT molecular complexity index is 498. The number of hydrogen-bond donors (Lipinski definition) is 1. The molecule has 1 aromatic rings. The van der Waals surface area contributed by atoms with Gasteiger partial charge in [-0.2, -0.15) is 0 Å². The highest BCUT2D eigenvalue weighted by Gasteiger charge is 2.23. The molecule has 1 aliphatic rings. The molecule has 110 valence electrons. The van der Waals surface area contributed by atoms with Crippen molar-refractivity contribution >= 4 is 27.7 Å². The molecule has 0 radical (unpaired) electrons. The number of carbonyl (C=O) groups is 1. The van der Waals surface area contributed by atoms with Crippen LogP contribution in [-0.2, 0) is 9.47 Å². The highest BCUT2D eigenvalue weighted by atomic mass is 79.9. The number of pyridine rings is 1. The first-order chi connectivity index (χ1) is 9.33. The van der Waals surface area contributed by atoms with Gasteiger partial charge in [-0.25, -0.2) is 9.78 Å². The van der Waals surface area contributed by atoms with Crippen molar-refractivity contribution < 1.29 is 19.0 Å². The van der Waals surface area contributed by atoms with Crippen molar-refractivity contribution in [2.75, 3.05) is 18.5 Å². The third kappa shape index (κ3) is 4.35. The van der Waals surface area contributed by atoms with Gasteiger partial charge in [0.1, 0.15) is 16.3 Å². The van der Waals surface area contributed by atoms with E-state index < -0.39 is 11.7 Å². The van der Waals surface area contributed by atoms with E-state index in [2.05, 4.69) is 26.2 Å². The zero-order valence-corrected chi connectivity index (χ0v) is 13.2. The SMILES string of the molecule is CC(C)(C)OC(=O)Nc1cc(Br)ncc1OC1COC1. The number of nitrogens with one attached hydrogen (secondary N) is 1. The lowest BCUT2D eigenvalue weighted by Crippen LogP contribution is -2.38. The highest BCUT2D eigenvalue weighted by Crippen LogP contribution is 2.28. The number of anilines is 1. The van der Waals surface area contributed by atoms with Crippen molar-refractivity contribution in [2.24, 2.45) is 0 Å². The average molecular weight is 345 g/mol. The van der Waals surface area contributed by atoms with Crippen molar-refractivity contribution in [1.82, 2.24) is 4.98 Å². The summed E-state index contributed by atoms with van der Waals surface area (Å²) in [5.74, 6) is 0.493. The van der Waals surface area contributed by atoms with E-state index in [1.807, 2.05) is 0 Å². The van der Waals surface area contributed by atoms with Gasteiger partial charge in [0.05, 0.1) is 25.1 Å². The first-order valence-electron chi connectivity index (χ1n) is 6.23. The fourth-order valence-electron chi connectivity index (χ4n) is 1.48. The van der Waals surface area contributed by atoms with E-state index in [9.17, 15) is 4.79 Å². The molecule has 7 heteroatoms. The van der Waals surface area contributed by atoms with Crippen LogP contribution >= 0.6 is 15.9 Å². The van der Waals surface area contributed by atoms with E-state index in [4.69, 9.17) is 14.2 Å². The topological polar surface area (TPSA) is 69.7 Å². The van der Waals surface area contributed by atoms with Gasteiger partial charge in [-0.15, -0.1) is 0 Å². The molecule has 2 heterocycles. The third-order valence-corrected chi connectivity index (χ3v) is 2.80. The van der Waals surface area contributed by atoms with Gasteiger partial charge in [-0.05, 0) is 42.8 Å². The maximum atomic E-state index is 11.8. The molecule has 0 aromatic carbocycles. The first kappa shape index (κ1) is 15.1. The Morgan fingerprint density at radius 1 is 1.50 bits per heavy atom. The van der Waals surface area contributed by atoms with Crippen LogP contribution in [0.15, 0.2) is 16.9 Å².